The highest BCUT2D eigenvalue weighted by molar-refractivity contribution is 5.48. The topological polar surface area (TPSA) is 60.2 Å². The average Bonchev–Trinajstić information content (AvgIpc) is 2.63. The van der Waals surface area contributed by atoms with Gasteiger partial charge in [0.05, 0.1) is 11.3 Å². The van der Waals surface area contributed by atoms with Crippen molar-refractivity contribution in [2.24, 2.45) is 0 Å². The lowest BCUT2D eigenvalue weighted by molar-refractivity contribution is -0.427. The lowest BCUT2D eigenvalue weighted by Gasteiger charge is -1.95. The highest BCUT2D eigenvalue weighted by Gasteiger charge is 2.06. The Morgan fingerprint density at radius 2 is 1.42 bits per heavy atom. The van der Waals surface area contributed by atoms with Gasteiger partial charge >= 0.3 is 0 Å². The van der Waals surface area contributed by atoms with Crippen LogP contribution in [0, 0.1) is 10.1 Å². The molecule has 0 aromatic rings. The first-order chi connectivity index (χ1) is 12.7. The Hall–Kier alpha value is -1.97. The number of hydrogen-bond donors (Lipinski definition) is 0. The van der Waals surface area contributed by atoms with Crippen LogP contribution in [0.3, 0.4) is 0 Å². The Bertz CT molecular complexity index is 476. The number of carbonyl (C=O) groups excluding carboxylic acids is 1. The van der Waals surface area contributed by atoms with Crippen molar-refractivity contribution in [3.8, 4) is 0 Å². The molecule has 0 spiro atoms. The Morgan fingerprint density at radius 1 is 0.808 bits per heavy atom. The van der Waals surface area contributed by atoms with Crippen molar-refractivity contribution in [1.82, 2.24) is 0 Å². The minimum absolute atomic E-state index is 0.271. The van der Waals surface area contributed by atoms with Gasteiger partial charge < -0.3 is 4.79 Å². The molecule has 0 radical (unpaired) electrons. The molecule has 146 valence electrons. The zero-order valence-corrected chi connectivity index (χ0v) is 16.3. The van der Waals surface area contributed by atoms with Crippen LogP contribution in [0.5, 0.6) is 0 Å². The van der Waals surface area contributed by atoms with Crippen molar-refractivity contribution < 1.29 is 9.72 Å². The third-order valence-corrected chi connectivity index (χ3v) is 3.99. The van der Waals surface area contributed by atoms with Crippen LogP contribution in [-0.2, 0) is 4.79 Å². The molecule has 0 N–H and O–H groups in total. The van der Waals surface area contributed by atoms with E-state index in [9.17, 15) is 14.9 Å². The van der Waals surface area contributed by atoms with Crippen LogP contribution >= 0.6 is 0 Å². The molecule has 0 bridgehead atoms. The van der Waals surface area contributed by atoms with Crippen LogP contribution in [0.1, 0.15) is 84.0 Å². The summed E-state index contributed by atoms with van der Waals surface area (Å²) in [7, 11) is 0. The van der Waals surface area contributed by atoms with Gasteiger partial charge in [-0.25, -0.2) is 0 Å². The molecule has 0 unspecified atom stereocenters. The van der Waals surface area contributed by atoms with Gasteiger partial charge in [-0.15, -0.1) is 0 Å². The molecule has 0 aliphatic rings. The van der Waals surface area contributed by atoms with Crippen LogP contribution in [0.4, 0.5) is 0 Å². The molecule has 0 aromatic heterocycles. The number of hydrogen-bond acceptors (Lipinski definition) is 3. The predicted octanol–water partition coefficient (Wildman–Crippen LogP) is 6.72. The summed E-state index contributed by atoms with van der Waals surface area (Å²) >= 11 is 0. The quantitative estimate of drug-likeness (QED) is 0.0950. The van der Waals surface area contributed by atoms with Crippen molar-refractivity contribution >= 4 is 6.29 Å². The van der Waals surface area contributed by atoms with E-state index < -0.39 is 0 Å². The Kier molecular flexibility index (Phi) is 17.9. The highest BCUT2D eigenvalue weighted by Crippen LogP contribution is 2.08. The molecule has 0 rings (SSSR count). The molecule has 0 aliphatic carbocycles. The first kappa shape index (κ1) is 24.0. The molecule has 0 aliphatic heterocycles. The summed E-state index contributed by atoms with van der Waals surface area (Å²) in [6.07, 6.45) is 26.2. The van der Waals surface area contributed by atoms with Gasteiger partial charge in [0.2, 0.25) is 5.70 Å². The fourth-order valence-corrected chi connectivity index (χ4v) is 2.42. The minimum atomic E-state index is -0.283. The second-order valence-electron chi connectivity index (χ2n) is 6.34. The first-order valence-corrected chi connectivity index (χ1v) is 9.94. The monoisotopic (exact) mass is 361 g/mol. The molecule has 0 saturated heterocycles. The molecule has 4 nitrogen and oxygen atoms in total. The summed E-state index contributed by atoms with van der Waals surface area (Å²) in [4.78, 5) is 20.9. The number of rotatable bonds is 17. The van der Waals surface area contributed by atoms with Crippen molar-refractivity contribution in [1.29, 1.82) is 0 Å². The summed E-state index contributed by atoms with van der Waals surface area (Å²) in [5.74, 6) is 0. The molecule has 0 fully saturated rings. The van der Waals surface area contributed by atoms with E-state index in [1.54, 1.807) is 6.08 Å². The SMILES string of the molecule is CCCCC/C=C/C/C(=C/C/C=C/C/C=C/CCCCCC=O)[N+](=O)[O-]. The van der Waals surface area contributed by atoms with Gasteiger partial charge in [-0.2, -0.15) is 0 Å². The van der Waals surface area contributed by atoms with E-state index in [0.717, 1.165) is 51.2 Å². The van der Waals surface area contributed by atoms with Crippen LogP contribution in [-0.4, -0.2) is 11.2 Å². The fourth-order valence-electron chi connectivity index (χ4n) is 2.42. The smallest absolute Gasteiger partial charge is 0.246 e. The summed E-state index contributed by atoms with van der Waals surface area (Å²) in [6.45, 7) is 2.17. The van der Waals surface area contributed by atoms with Gasteiger partial charge in [-0.3, -0.25) is 10.1 Å². The number of unbranched alkanes of at least 4 members (excludes halogenated alkanes) is 7. The third-order valence-electron chi connectivity index (χ3n) is 3.99. The minimum Gasteiger partial charge on any atom is -0.303 e. The van der Waals surface area contributed by atoms with Gasteiger partial charge in [0.25, 0.3) is 0 Å². The normalized spacial score (nSPS) is 12.6. The maximum absolute atomic E-state index is 11.0. The molecular formula is C22H35NO3. The molecule has 0 atom stereocenters. The summed E-state index contributed by atoms with van der Waals surface area (Å²) in [6, 6.07) is 0. The van der Waals surface area contributed by atoms with Crippen LogP contribution in [0.2, 0.25) is 0 Å². The second kappa shape index (κ2) is 19.4. The lowest BCUT2D eigenvalue weighted by Crippen LogP contribution is -1.97. The van der Waals surface area contributed by atoms with Crippen molar-refractivity contribution in [2.45, 2.75) is 84.0 Å². The zero-order valence-electron chi connectivity index (χ0n) is 16.3. The molecule has 4 heteroatoms. The van der Waals surface area contributed by atoms with Crippen LogP contribution in [0.25, 0.3) is 0 Å². The number of nitro groups is 1. The van der Waals surface area contributed by atoms with E-state index in [4.69, 9.17) is 0 Å². The summed E-state index contributed by atoms with van der Waals surface area (Å²) in [5.41, 5.74) is 0.271. The van der Waals surface area contributed by atoms with Gasteiger partial charge in [0.15, 0.2) is 0 Å². The van der Waals surface area contributed by atoms with E-state index in [-0.39, 0.29) is 10.6 Å². The third kappa shape index (κ3) is 16.9. The highest BCUT2D eigenvalue weighted by atomic mass is 16.6. The number of aldehydes is 1. The standard InChI is InChI=1S/C22H35NO3/c1-2-3-4-5-13-16-19-22(23(25)26)20-17-14-11-9-7-6-8-10-12-15-18-21-24/h6-7,11,13-14,16,20-21H,2-5,8-10,12,15,17-19H2,1H3/b7-6+,14-11+,16-13+,22-20-. The van der Waals surface area contributed by atoms with Gasteiger partial charge in [0, 0.05) is 6.42 Å². The van der Waals surface area contributed by atoms with E-state index in [1.165, 1.54) is 12.8 Å². The molecule has 0 aromatic carbocycles. The van der Waals surface area contributed by atoms with Crippen molar-refractivity contribution in [3.63, 3.8) is 0 Å². The van der Waals surface area contributed by atoms with Crippen molar-refractivity contribution in [2.75, 3.05) is 0 Å². The van der Waals surface area contributed by atoms with E-state index >= 15 is 0 Å². The van der Waals surface area contributed by atoms with E-state index in [2.05, 4.69) is 19.1 Å². The van der Waals surface area contributed by atoms with Gasteiger partial charge in [-0.1, -0.05) is 62.6 Å². The maximum atomic E-state index is 11.0. The van der Waals surface area contributed by atoms with Crippen LogP contribution < -0.4 is 0 Å². The molecule has 26 heavy (non-hydrogen) atoms. The number of carbonyl (C=O) groups is 1. The Balaban J connectivity index is 3.91. The number of allylic oxidation sites excluding steroid dienone is 7. The fraction of sp³-hybridized carbons (Fsp3) is 0.591. The zero-order chi connectivity index (χ0) is 19.3. The van der Waals surface area contributed by atoms with Gasteiger partial charge in [0.1, 0.15) is 6.29 Å². The molecule has 0 saturated carbocycles. The molecule has 0 heterocycles. The second-order valence-corrected chi connectivity index (χ2v) is 6.34. The van der Waals surface area contributed by atoms with Gasteiger partial charge in [-0.05, 0) is 51.0 Å². The van der Waals surface area contributed by atoms with E-state index in [0.29, 0.717) is 19.3 Å². The lowest BCUT2D eigenvalue weighted by atomic mass is 10.1. The Labute approximate surface area is 158 Å². The Morgan fingerprint density at radius 3 is 2.12 bits per heavy atom. The largest absolute Gasteiger partial charge is 0.303 e. The summed E-state index contributed by atoms with van der Waals surface area (Å²) in [5, 5.41) is 11.0. The molecule has 0 amide bonds. The first-order valence-electron chi connectivity index (χ1n) is 9.94. The van der Waals surface area contributed by atoms with E-state index in [1.807, 2.05) is 24.3 Å². The predicted molar refractivity (Wildman–Crippen MR) is 110 cm³/mol. The van der Waals surface area contributed by atoms with Crippen LogP contribution in [0.15, 0.2) is 48.2 Å². The average molecular weight is 362 g/mol. The summed E-state index contributed by atoms with van der Waals surface area (Å²) < 4.78 is 0. The maximum Gasteiger partial charge on any atom is 0.246 e. The number of nitrogens with zero attached hydrogens (tertiary/aromatic N) is 1. The molecular weight excluding hydrogens is 326 g/mol. The van der Waals surface area contributed by atoms with Crippen molar-refractivity contribution in [3.05, 3.63) is 58.3 Å².